The summed E-state index contributed by atoms with van der Waals surface area (Å²) < 4.78 is 23.2. The molecule has 276 valence electrons. The van der Waals surface area contributed by atoms with Gasteiger partial charge >= 0.3 is 11.9 Å². The molecule has 0 aromatic heterocycles. The maximum Gasteiger partial charge on any atom is 0.323 e. The van der Waals surface area contributed by atoms with E-state index in [1.807, 2.05) is 119 Å². The molecule has 0 spiro atoms. The van der Waals surface area contributed by atoms with Crippen LogP contribution in [-0.4, -0.2) is 41.1 Å². The smallest absolute Gasteiger partial charge is 0.323 e. The first kappa shape index (κ1) is 42.4. The molecule has 0 aliphatic carbocycles. The van der Waals surface area contributed by atoms with E-state index >= 15 is 0 Å². The minimum Gasteiger partial charge on any atom is -0.465 e. The van der Waals surface area contributed by atoms with Gasteiger partial charge in [0.2, 0.25) is 0 Å². The highest BCUT2D eigenvalue weighted by Crippen LogP contribution is 2.60. The second kappa shape index (κ2) is 18.6. The first-order valence-corrected chi connectivity index (χ1v) is 22.8. The fourth-order valence-electron chi connectivity index (χ4n) is 4.75. The molecule has 0 aliphatic heterocycles. The lowest BCUT2D eigenvalue weighted by Crippen LogP contribution is -2.39. The van der Waals surface area contributed by atoms with Gasteiger partial charge in [0.05, 0.1) is 12.5 Å². The molecule has 0 aliphatic rings. The number of carbonyl (C=O) groups is 2. The van der Waals surface area contributed by atoms with Crippen LogP contribution in [0.15, 0.2) is 103 Å². The van der Waals surface area contributed by atoms with Crippen LogP contribution in [0.2, 0.25) is 0 Å². The summed E-state index contributed by atoms with van der Waals surface area (Å²) in [5, 5.41) is 4.80. The van der Waals surface area contributed by atoms with Crippen molar-refractivity contribution in [1.82, 2.24) is 5.09 Å². The van der Waals surface area contributed by atoms with Crippen LogP contribution in [0.1, 0.15) is 67.9 Å². The van der Waals surface area contributed by atoms with Crippen LogP contribution >= 0.6 is 12.7 Å². The molecule has 0 heterocycles. The molecular weight excluding hydrogens is 717 g/mol. The van der Waals surface area contributed by atoms with Gasteiger partial charge in [0.15, 0.2) is 6.42 Å². The second-order valence-electron chi connectivity index (χ2n) is 14.3. The highest BCUT2D eigenvalue weighted by Gasteiger charge is 2.39. The van der Waals surface area contributed by atoms with E-state index in [1.54, 1.807) is 13.8 Å². The van der Waals surface area contributed by atoms with Crippen molar-refractivity contribution in [2.75, 3.05) is 12.8 Å². The summed E-state index contributed by atoms with van der Waals surface area (Å²) in [4.78, 5) is 24.5. The van der Waals surface area contributed by atoms with E-state index in [0.717, 1.165) is 22.1 Å². The van der Waals surface area contributed by atoms with Crippen LogP contribution in [0.25, 0.3) is 10.8 Å². The van der Waals surface area contributed by atoms with Crippen molar-refractivity contribution in [3.8, 4) is 11.5 Å². The molecule has 0 saturated carbocycles. The summed E-state index contributed by atoms with van der Waals surface area (Å²) in [5.74, 6) is 0.607. The van der Waals surface area contributed by atoms with E-state index in [0.29, 0.717) is 18.5 Å². The molecule has 51 heavy (non-hydrogen) atoms. The zero-order chi connectivity index (χ0) is 37.9. The Kier molecular flexibility index (Phi) is 15.5. The van der Waals surface area contributed by atoms with Crippen molar-refractivity contribution >= 4 is 59.0 Å². The van der Waals surface area contributed by atoms with Gasteiger partial charge in [0, 0.05) is 21.9 Å². The molecule has 0 radical (unpaired) electrons. The lowest BCUT2D eigenvalue weighted by atomic mass is 10.1. The molecule has 0 amide bonds. The van der Waals surface area contributed by atoms with Crippen LogP contribution in [-0.2, 0) is 49.3 Å². The quantitative estimate of drug-likeness (QED) is 0.106. The summed E-state index contributed by atoms with van der Waals surface area (Å²) in [6.45, 7) is 18.4. The van der Waals surface area contributed by atoms with Gasteiger partial charge in [-0.25, -0.2) is 5.09 Å². The van der Waals surface area contributed by atoms with Crippen LogP contribution in [0.5, 0.6) is 11.5 Å². The summed E-state index contributed by atoms with van der Waals surface area (Å²) in [6.07, 6.45) is -4.39. The Morgan fingerprint density at radius 1 is 0.706 bits per heavy atom. The normalized spacial score (nSPS) is 15.2. The van der Waals surface area contributed by atoms with Crippen molar-refractivity contribution in [1.29, 1.82) is 0 Å². The minimum absolute atomic E-state index is 0.237. The Morgan fingerprint density at radius 2 is 1.27 bits per heavy atom. The minimum atomic E-state index is -2.48. The predicted molar refractivity (Wildman–Crippen MR) is 219 cm³/mol. The molecule has 11 heteroatoms. The number of esters is 2. The first-order chi connectivity index (χ1) is 23.9. The molecule has 4 rings (SSSR count). The molecule has 4 atom stereocenters. The van der Waals surface area contributed by atoms with Crippen molar-refractivity contribution in [2.24, 2.45) is 5.92 Å². The van der Waals surface area contributed by atoms with Crippen LogP contribution in [0, 0.1) is 5.92 Å². The van der Waals surface area contributed by atoms with E-state index in [1.165, 1.54) is 0 Å². The number of benzene rings is 4. The van der Waals surface area contributed by atoms with E-state index in [9.17, 15) is 9.59 Å². The number of hydrogen-bond acceptors (Lipinski definition) is 8. The van der Waals surface area contributed by atoms with Crippen LogP contribution < -0.4 is 14.1 Å². The third-order valence-corrected chi connectivity index (χ3v) is 19.0. The zero-order valence-electron chi connectivity index (χ0n) is 31.3. The van der Waals surface area contributed by atoms with Crippen molar-refractivity contribution < 1.29 is 28.1 Å². The van der Waals surface area contributed by atoms with E-state index in [-0.39, 0.29) is 34.8 Å². The monoisotopic (exact) mass is 769 g/mol. The molecule has 1 N–H and O–H groups in total. The molecule has 0 fully saturated rings. The Bertz CT molecular complexity index is 1820. The van der Waals surface area contributed by atoms with Gasteiger partial charge in [-0.1, -0.05) is 145 Å². The third-order valence-electron chi connectivity index (χ3n) is 8.02. The highest BCUT2D eigenvalue weighted by atomic mass is 32.5. The number of fused-ring (bicyclic) bond motifs is 1. The lowest BCUT2D eigenvalue weighted by Gasteiger charge is -2.36. The van der Waals surface area contributed by atoms with Gasteiger partial charge < -0.3 is 18.5 Å². The average Bonchev–Trinajstić information content (AvgIpc) is 3.07. The highest BCUT2D eigenvalue weighted by molar-refractivity contribution is 8.13. The van der Waals surface area contributed by atoms with Crippen molar-refractivity contribution in [3.63, 3.8) is 0 Å². The van der Waals surface area contributed by atoms with E-state index < -0.39 is 18.7 Å². The lowest BCUT2D eigenvalue weighted by molar-refractivity contribution is -0.148. The number of ether oxygens (including phenoxy) is 2. The van der Waals surface area contributed by atoms with Gasteiger partial charge in [-0.3, -0.25) is 9.59 Å². The fourth-order valence-corrected chi connectivity index (χ4v) is 10.4. The Labute approximate surface area is 315 Å². The zero-order valence-corrected chi connectivity index (χ0v) is 34.7. The summed E-state index contributed by atoms with van der Waals surface area (Å²) in [5.41, 5.74) is 0.973. The Hall–Kier alpha value is -3.06. The van der Waals surface area contributed by atoms with Crippen molar-refractivity contribution in [3.05, 3.63) is 109 Å². The average molecular weight is 770 g/mol. The third kappa shape index (κ3) is 12.3. The van der Waals surface area contributed by atoms with E-state index in [4.69, 9.17) is 42.1 Å². The molecule has 7 nitrogen and oxygen atoms in total. The predicted octanol–water partition coefficient (Wildman–Crippen LogP) is 10.5. The maximum atomic E-state index is 12.7. The number of para-hydroxylation sites is 1. The van der Waals surface area contributed by atoms with Gasteiger partial charge in [-0.15, -0.1) is 0 Å². The van der Waals surface area contributed by atoms with Gasteiger partial charge in [0.1, 0.15) is 30.4 Å². The molecule has 4 aromatic carbocycles. The molecular formula is C40H53NO6P2S2. The maximum absolute atomic E-state index is 12.7. The molecule has 0 bridgehead atoms. The largest absolute Gasteiger partial charge is 0.465 e. The first-order valence-electron chi connectivity index (χ1n) is 17.2. The summed E-state index contributed by atoms with van der Waals surface area (Å²) >= 11 is 11.9. The summed E-state index contributed by atoms with van der Waals surface area (Å²) in [6, 6.07) is 32.8. The van der Waals surface area contributed by atoms with Gasteiger partial charge in [0.25, 0.3) is 0 Å². The van der Waals surface area contributed by atoms with Gasteiger partial charge in [-0.05, 0) is 54.8 Å². The fraction of sp³-hybridized carbons (Fsp3) is 0.400. The molecule has 4 aromatic rings. The SMILES string of the molecule is CCOC(=O)[C@@H](C)NP(=S)(Oc1ccccc1)C(C)(C)C.C[C@@H](CP(=S)(Oc1cccc2ccccc12)C(C)(C)C)C(=O)OCc1ccccc1. The Morgan fingerprint density at radius 3 is 1.86 bits per heavy atom. The van der Waals surface area contributed by atoms with E-state index in [2.05, 4.69) is 38.0 Å². The summed E-state index contributed by atoms with van der Waals surface area (Å²) in [7, 11) is 0. The van der Waals surface area contributed by atoms with Gasteiger partial charge in [-0.2, -0.15) is 0 Å². The van der Waals surface area contributed by atoms with Crippen LogP contribution in [0.4, 0.5) is 0 Å². The topological polar surface area (TPSA) is 83.1 Å². The number of rotatable bonds is 13. The number of carbonyl (C=O) groups excluding carboxylic acids is 2. The molecule has 0 saturated heterocycles. The second-order valence-corrected chi connectivity index (χ2v) is 23.8. The van der Waals surface area contributed by atoms with Crippen molar-refractivity contribution in [2.45, 2.75) is 85.3 Å². The molecule has 2 unspecified atom stereocenters. The number of hydrogen-bond donors (Lipinski definition) is 1. The standard InChI is InChI=1S/C25H29O3PS.C15H24NO3PS/c1-19(24(26)27-17-20-11-6-5-7-12-20)18-29(30,25(2,3)4)28-23-16-10-14-21-13-8-9-15-22(21)23;1-6-18-14(17)12(2)16-20(21,15(3,4)5)19-13-10-8-7-9-11-13/h5-16,19H,17-18H2,1-4H3;7-12H,6H2,1-5H3,(H,16,21)/t19-,29?;12-,20?/m01/s1. The number of nitrogens with one attached hydrogen (secondary N) is 1. The Balaban J connectivity index is 0.000000295. The van der Waals surface area contributed by atoms with Crippen LogP contribution in [0.3, 0.4) is 0 Å².